The van der Waals surface area contributed by atoms with Crippen molar-refractivity contribution in [3.8, 4) is 0 Å². The summed E-state index contributed by atoms with van der Waals surface area (Å²) in [6.07, 6.45) is 1.82. The van der Waals surface area contributed by atoms with Crippen molar-refractivity contribution in [3.05, 3.63) is 0 Å². The molecule has 16 heteroatoms. The lowest BCUT2D eigenvalue weighted by molar-refractivity contribution is -0.138. The van der Waals surface area contributed by atoms with Gasteiger partial charge in [0.25, 0.3) is 10.1 Å². The molecule has 3 aliphatic rings. The Morgan fingerprint density at radius 3 is 2.03 bits per heavy atom. The highest BCUT2D eigenvalue weighted by Gasteiger charge is 2.39. The fourth-order valence-corrected chi connectivity index (χ4v) is 5.48. The molecule has 15 nitrogen and oxygen atoms in total. The monoisotopic (exact) mass is 516 g/mol. The van der Waals surface area contributed by atoms with E-state index in [1.54, 1.807) is 9.80 Å². The van der Waals surface area contributed by atoms with Gasteiger partial charge in [0.2, 0.25) is 17.8 Å². The Hall–Kier alpha value is -2.66. The topological polar surface area (TPSA) is 229 Å². The quantitative estimate of drug-likeness (QED) is 0.193. The van der Waals surface area contributed by atoms with Gasteiger partial charge in [-0.15, -0.1) is 0 Å². The Bertz CT molecular complexity index is 1020. The lowest BCUT2D eigenvalue weighted by atomic mass is 10.1. The van der Waals surface area contributed by atoms with Crippen molar-refractivity contribution in [2.45, 2.75) is 55.1 Å². The van der Waals surface area contributed by atoms with Crippen molar-refractivity contribution in [2.24, 2.45) is 11.5 Å². The molecule has 3 saturated heterocycles. The van der Waals surface area contributed by atoms with Crippen LogP contribution >= 0.6 is 0 Å². The minimum Gasteiger partial charge on any atom is -0.480 e. The Morgan fingerprint density at radius 1 is 0.971 bits per heavy atom. The second-order valence-corrected chi connectivity index (χ2v) is 10.5. The first kappa shape index (κ1) is 26.9. The Balaban J connectivity index is 0.00000167. The molecule has 1 aromatic rings. The average Bonchev–Trinajstić information content (AvgIpc) is 3.42. The summed E-state index contributed by atoms with van der Waals surface area (Å²) in [5.41, 5.74) is 12.0. The SMILES string of the molecule is CO.NC1CC(C=O)N(c2nc(N3CCC(S(=O)(=O)O)CC3)nc(N3CC(N)CC3C(=O)O)n2)C1. The third kappa shape index (κ3) is 5.95. The van der Waals surface area contributed by atoms with Crippen LogP contribution in [-0.4, -0.2) is 113 Å². The van der Waals surface area contributed by atoms with Crippen LogP contribution in [0.4, 0.5) is 17.8 Å². The Kier molecular flexibility index (Phi) is 8.42. The van der Waals surface area contributed by atoms with Gasteiger partial charge in [-0.1, -0.05) is 0 Å². The molecule has 7 N–H and O–H groups in total. The number of anilines is 3. The van der Waals surface area contributed by atoms with E-state index in [0.717, 1.165) is 13.4 Å². The molecule has 0 spiro atoms. The number of piperidine rings is 1. The van der Waals surface area contributed by atoms with Gasteiger partial charge in [0.1, 0.15) is 12.3 Å². The lowest BCUT2D eigenvalue weighted by Gasteiger charge is -2.32. The second-order valence-electron chi connectivity index (χ2n) is 8.79. The number of carboxylic acid groups (broad SMARTS) is 1. The normalized spacial score (nSPS) is 27.5. The van der Waals surface area contributed by atoms with Crippen LogP contribution < -0.4 is 26.2 Å². The van der Waals surface area contributed by atoms with E-state index in [-0.39, 0.29) is 68.8 Å². The maximum atomic E-state index is 11.8. The summed E-state index contributed by atoms with van der Waals surface area (Å²) >= 11 is 0. The predicted octanol–water partition coefficient (Wildman–Crippen LogP) is -2.57. The molecule has 4 heterocycles. The van der Waals surface area contributed by atoms with Gasteiger partial charge in [0.15, 0.2) is 0 Å². The largest absolute Gasteiger partial charge is 0.480 e. The summed E-state index contributed by atoms with van der Waals surface area (Å²) in [5, 5.41) is 15.8. The zero-order valence-electron chi connectivity index (χ0n) is 19.3. The summed E-state index contributed by atoms with van der Waals surface area (Å²) in [5.74, 6) is -0.494. The molecule has 4 unspecified atom stereocenters. The van der Waals surface area contributed by atoms with Crippen molar-refractivity contribution in [3.63, 3.8) is 0 Å². The van der Waals surface area contributed by atoms with E-state index >= 15 is 0 Å². The number of hydrogen-bond donors (Lipinski definition) is 5. The van der Waals surface area contributed by atoms with E-state index in [1.807, 2.05) is 0 Å². The van der Waals surface area contributed by atoms with E-state index in [4.69, 9.17) is 16.6 Å². The maximum absolute atomic E-state index is 11.8. The van der Waals surface area contributed by atoms with Gasteiger partial charge < -0.3 is 41.2 Å². The van der Waals surface area contributed by atoms with Crippen LogP contribution in [0.15, 0.2) is 0 Å². The highest BCUT2D eigenvalue weighted by Crippen LogP contribution is 2.30. The molecule has 3 fully saturated rings. The van der Waals surface area contributed by atoms with Crippen molar-refractivity contribution in [1.29, 1.82) is 0 Å². The van der Waals surface area contributed by atoms with Gasteiger partial charge in [0, 0.05) is 45.4 Å². The summed E-state index contributed by atoms with van der Waals surface area (Å²) in [6.45, 7) is 1.12. The van der Waals surface area contributed by atoms with E-state index in [1.165, 1.54) is 4.90 Å². The number of carboxylic acids is 1. The van der Waals surface area contributed by atoms with Crippen LogP contribution in [-0.2, 0) is 19.7 Å². The molecule has 0 aromatic carbocycles. The Labute approximate surface area is 202 Å². The first-order valence-electron chi connectivity index (χ1n) is 11.2. The van der Waals surface area contributed by atoms with Crippen molar-refractivity contribution >= 4 is 40.2 Å². The van der Waals surface area contributed by atoms with Crippen molar-refractivity contribution in [2.75, 3.05) is 48.0 Å². The molecular formula is C19H32N8O7S. The fraction of sp³-hybridized carbons (Fsp3) is 0.737. The lowest BCUT2D eigenvalue weighted by Crippen LogP contribution is -2.42. The number of aliphatic carboxylic acids is 1. The molecule has 4 rings (SSSR count). The number of carbonyl (C=O) groups excluding carboxylic acids is 1. The number of nitrogens with zero attached hydrogens (tertiary/aromatic N) is 6. The first-order valence-corrected chi connectivity index (χ1v) is 12.7. The highest BCUT2D eigenvalue weighted by molar-refractivity contribution is 7.86. The molecule has 0 aliphatic carbocycles. The van der Waals surface area contributed by atoms with E-state index in [2.05, 4.69) is 15.0 Å². The molecule has 0 radical (unpaired) electrons. The second kappa shape index (κ2) is 10.9. The van der Waals surface area contributed by atoms with E-state index < -0.39 is 33.4 Å². The van der Waals surface area contributed by atoms with Gasteiger partial charge >= 0.3 is 5.97 Å². The fourth-order valence-electron chi connectivity index (χ4n) is 4.68. The summed E-state index contributed by atoms with van der Waals surface area (Å²) in [4.78, 5) is 41.8. The zero-order chi connectivity index (χ0) is 25.9. The number of carbonyl (C=O) groups is 2. The van der Waals surface area contributed by atoms with Crippen LogP contribution in [0.3, 0.4) is 0 Å². The minimum absolute atomic E-state index is 0.123. The zero-order valence-corrected chi connectivity index (χ0v) is 20.2. The average molecular weight is 517 g/mol. The van der Waals surface area contributed by atoms with E-state index in [0.29, 0.717) is 13.0 Å². The number of rotatable bonds is 6. The molecule has 196 valence electrons. The third-order valence-corrected chi connectivity index (χ3v) is 7.73. The number of aliphatic hydroxyl groups excluding tert-OH is 1. The van der Waals surface area contributed by atoms with Gasteiger partial charge in [-0.05, 0) is 25.7 Å². The molecule has 0 saturated carbocycles. The molecular weight excluding hydrogens is 484 g/mol. The molecule has 3 aliphatic heterocycles. The number of aldehydes is 1. The van der Waals surface area contributed by atoms with Crippen LogP contribution in [0.1, 0.15) is 25.7 Å². The van der Waals surface area contributed by atoms with Crippen molar-refractivity contribution in [1.82, 2.24) is 15.0 Å². The number of aromatic nitrogens is 3. The van der Waals surface area contributed by atoms with Gasteiger partial charge in [-0.3, -0.25) is 4.55 Å². The van der Waals surface area contributed by atoms with Crippen LogP contribution in [0, 0.1) is 0 Å². The predicted molar refractivity (Wildman–Crippen MR) is 126 cm³/mol. The summed E-state index contributed by atoms with van der Waals surface area (Å²) in [6, 6.07) is -2.05. The molecule has 1 aromatic heterocycles. The summed E-state index contributed by atoms with van der Waals surface area (Å²) in [7, 11) is -3.14. The van der Waals surface area contributed by atoms with Crippen LogP contribution in [0.25, 0.3) is 0 Å². The van der Waals surface area contributed by atoms with Crippen LogP contribution in [0.2, 0.25) is 0 Å². The van der Waals surface area contributed by atoms with Gasteiger partial charge in [-0.2, -0.15) is 23.4 Å². The van der Waals surface area contributed by atoms with Crippen molar-refractivity contribution < 1.29 is 32.8 Å². The molecule has 0 bridgehead atoms. The van der Waals surface area contributed by atoms with Crippen LogP contribution in [0.5, 0.6) is 0 Å². The number of aliphatic hydroxyl groups is 1. The highest BCUT2D eigenvalue weighted by atomic mass is 32.2. The van der Waals surface area contributed by atoms with Gasteiger partial charge in [0.05, 0.1) is 11.3 Å². The summed E-state index contributed by atoms with van der Waals surface area (Å²) < 4.78 is 32.3. The molecule has 4 atom stereocenters. The number of nitrogens with two attached hydrogens (primary N) is 2. The molecule has 35 heavy (non-hydrogen) atoms. The smallest absolute Gasteiger partial charge is 0.326 e. The van der Waals surface area contributed by atoms with Gasteiger partial charge in [-0.25, -0.2) is 4.79 Å². The standard InChI is InChI=1S/C18H28N8O6S.CH4O/c19-10-5-12(9-27)25(7-10)17-21-16(24-3-1-13(2-4-24)33(30,31)32)22-18(23-17)26-8-11(20)6-14(26)15(28)29;1-2/h9-14H,1-8,19-20H2,(H,28,29)(H,30,31,32);2H,1H3. The molecule has 0 amide bonds. The van der Waals surface area contributed by atoms with E-state index in [9.17, 15) is 27.7 Å². The number of hydrogen-bond acceptors (Lipinski definition) is 13. The maximum Gasteiger partial charge on any atom is 0.326 e. The minimum atomic E-state index is -4.14. The Morgan fingerprint density at radius 2 is 1.49 bits per heavy atom. The third-order valence-electron chi connectivity index (χ3n) is 6.41. The first-order chi connectivity index (χ1) is 16.6.